The van der Waals surface area contributed by atoms with Crippen molar-refractivity contribution in [3.8, 4) is 23.5 Å². The molecular weight excluding hydrogens is 504 g/mol. The maximum Gasteiger partial charge on any atom is 0.291 e. The fourth-order valence-electron chi connectivity index (χ4n) is 5.12. The highest BCUT2D eigenvalue weighted by Gasteiger charge is 2.41. The number of carbonyl (C=O) groups is 1. The second-order valence-electron chi connectivity index (χ2n) is 10.7. The van der Waals surface area contributed by atoms with Crippen LogP contribution in [-0.2, 0) is 0 Å². The van der Waals surface area contributed by atoms with E-state index in [4.69, 9.17) is 18.6 Å². The van der Waals surface area contributed by atoms with E-state index in [2.05, 4.69) is 66.7 Å². The van der Waals surface area contributed by atoms with Crippen molar-refractivity contribution in [1.29, 1.82) is 0 Å². The third kappa shape index (κ3) is 4.97. The van der Waals surface area contributed by atoms with Crippen LogP contribution in [0.5, 0.6) is 23.5 Å². The van der Waals surface area contributed by atoms with Gasteiger partial charge in [0.05, 0.1) is 30.4 Å². The fourth-order valence-corrected chi connectivity index (χ4v) is 16.1. The molecule has 0 spiro atoms. The van der Waals surface area contributed by atoms with Crippen LogP contribution in [0.15, 0.2) is 22.6 Å². The monoisotopic (exact) mass is 540 g/mol. The molecule has 0 unspecified atom stereocenters. The van der Waals surface area contributed by atoms with Gasteiger partial charge in [0.25, 0.3) is 11.9 Å². The van der Waals surface area contributed by atoms with Crippen LogP contribution >= 0.6 is 0 Å². The minimum atomic E-state index is -1.58. The predicted molar refractivity (Wildman–Crippen MR) is 151 cm³/mol. The summed E-state index contributed by atoms with van der Waals surface area (Å²) < 4.78 is 22.7. The van der Waals surface area contributed by atoms with E-state index in [1.807, 2.05) is 0 Å². The number of nitrogens with one attached hydrogen (secondary N) is 2. The summed E-state index contributed by atoms with van der Waals surface area (Å²) >= 11 is 0. The van der Waals surface area contributed by atoms with Crippen LogP contribution in [-0.4, -0.2) is 53.3 Å². The highest BCUT2D eigenvalue weighted by Crippen LogP contribution is 2.36. The molecular formula is C26H36N4O5Si2. The first-order valence-electron chi connectivity index (χ1n) is 12.3. The number of methoxy groups -OCH3 is 2. The smallest absolute Gasteiger partial charge is 0.291 e. The normalized spacial score (nSPS) is 15.5. The molecule has 9 nitrogen and oxygen atoms in total. The quantitative estimate of drug-likeness (QED) is 0.418. The van der Waals surface area contributed by atoms with Gasteiger partial charge >= 0.3 is 0 Å². The van der Waals surface area contributed by atoms with Crippen molar-refractivity contribution in [3.63, 3.8) is 0 Å². The lowest BCUT2D eigenvalue weighted by Gasteiger charge is -2.41. The van der Waals surface area contributed by atoms with Gasteiger partial charge in [0.1, 0.15) is 5.75 Å². The number of hydrogen-bond donors (Lipinski definition) is 2. The second-order valence-corrected chi connectivity index (χ2v) is 20.3. The largest absolute Gasteiger partial charge is 0.479 e. The van der Waals surface area contributed by atoms with Gasteiger partial charge in [-0.3, -0.25) is 4.79 Å². The summed E-state index contributed by atoms with van der Waals surface area (Å²) in [5.74, 6) is 1.25. The molecule has 2 N–H and O–H groups in total. The number of amides is 1. The van der Waals surface area contributed by atoms with Crippen molar-refractivity contribution < 1.29 is 23.4 Å². The highest BCUT2D eigenvalue weighted by atomic mass is 28.3. The number of carbonyl (C=O) groups excluding carboxylic acids is 1. The molecule has 3 aromatic rings. The van der Waals surface area contributed by atoms with E-state index in [1.54, 1.807) is 24.4 Å². The van der Waals surface area contributed by atoms with Gasteiger partial charge in [0, 0.05) is 13.1 Å². The summed E-state index contributed by atoms with van der Waals surface area (Å²) in [5.41, 5.74) is 2.49. The first-order chi connectivity index (χ1) is 17.4. The summed E-state index contributed by atoms with van der Waals surface area (Å²) in [6.45, 7) is 14.1. The van der Waals surface area contributed by atoms with Crippen LogP contribution < -0.4 is 35.2 Å². The number of nitrogens with zero attached hydrogens (tertiary/aromatic N) is 2. The van der Waals surface area contributed by atoms with E-state index in [0.29, 0.717) is 5.95 Å². The van der Waals surface area contributed by atoms with Gasteiger partial charge in [0.2, 0.25) is 17.7 Å². The Morgan fingerprint density at radius 1 is 1.00 bits per heavy atom. The summed E-state index contributed by atoms with van der Waals surface area (Å²) in [7, 11) is 1.52. The Morgan fingerprint density at radius 3 is 2.22 bits per heavy atom. The lowest BCUT2D eigenvalue weighted by atomic mass is 10.1. The number of furan rings is 1. The van der Waals surface area contributed by atoms with Gasteiger partial charge in [-0.15, -0.1) is 0 Å². The van der Waals surface area contributed by atoms with Gasteiger partial charge in [-0.2, -0.15) is 9.97 Å². The number of aromatic nitrogens is 2. The molecule has 1 aromatic carbocycles. The van der Waals surface area contributed by atoms with E-state index in [1.165, 1.54) is 37.1 Å². The molecule has 0 bridgehead atoms. The lowest BCUT2D eigenvalue weighted by Crippen LogP contribution is -2.64. The number of hydrogen-bond acceptors (Lipinski definition) is 8. The second kappa shape index (κ2) is 9.86. The molecule has 0 atom stereocenters. The van der Waals surface area contributed by atoms with E-state index in [0.717, 1.165) is 11.3 Å². The third-order valence-corrected chi connectivity index (χ3v) is 14.8. The lowest BCUT2D eigenvalue weighted by molar-refractivity contribution is 0.0990. The summed E-state index contributed by atoms with van der Waals surface area (Å²) in [5, 5.41) is 8.66. The van der Waals surface area contributed by atoms with Crippen LogP contribution in [0.4, 0.5) is 11.6 Å². The van der Waals surface area contributed by atoms with Crippen molar-refractivity contribution >= 4 is 44.1 Å². The molecule has 0 saturated carbocycles. The SMILES string of the molecule is CNc1nc(OC)c(NC(=O)c2ccc(Oc3c(C)cc4c(c3C)[Si](C)(C)CC[Si]4(C)C)o2)c(OC)n1. The van der Waals surface area contributed by atoms with Crippen LogP contribution in [0.1, 0.15) is 21.7 Å². The topological polar surface area (TPSA) is 108 Å². The maximum atomic E-state index is 13.0. The van der Waals surface area contributed by atoms with Crippen molar-refractivity contribution in [2.75, 3.05) is 31.9 Å². The number of benzene rings is 1. The molecule has 11 heteroatoms. The van der Waals surface area contributed by atoms with E-state index < -0.39 is 22.1 Å². The number of anilines is 2. The standard InChI is InChI=1S/C26H36N4O5Si2/c1-15-14-18-22(37(8,9)13-12-36(18,6)7)16(2)21(15)35-19-11-10-17(34-19)23(31)28-20-24(32-4)29-26(27-3)30-25(20)33-5/h10-11,14H,12-13H2,1-9H3,(H,28,31)(H,27,29,30). The molecule has 1 aliphatic rings. The Kier molecular flexibility index (Phi) is 7.13. The zero-order valence-electron chi connectivity index (χ0n) is 23.1. The average Bonchev–Trinajstić information content (AvgIpc) is 3.33. The minimum absolute atomic E-state index is 0.0771. The molecule has 0 fully saturated rings. The molecule has 1 aliphatic heterocycles. The van der Waals surface area contributed by atoms with Crippen LogP contribution in [0, 0.1) is 13.8 Å². The fraction of sp³-hybridized carbons (Fsp3) is 0.423. The Bertz CT molecular complexity index is 1330. The molecule has 198 valence electrons. The van der Waals surface area contributed by atoms with E-state index in [-0.39, 0.29) is 29.2 Å². The Balaban J connectivity index is 1.62. The summed E-state index contributed by atoms with van der Waals surface area (Å²) in [6, 6.07) is 8.21. The molecule has 3 heterocycles. The number of aryl methyl sites for hydroxylation is 1. The van der Waals surface area contributed by atoms with Crippen molar-refractivity contribution in [2.45, 2.75) is 52.1 Å². The van der Waals surface area contributed by atoms with Gasteiger partial charge in [0.15, 0.2) is 11.4 Å². The molecule has 0 radical (unpaired) electrons. The number of ether oxygens (including phenoxy) is 3. The third-order valence-electron chi connectivity index (χ3n) is 7.18. The zero-order chi connectivity index (χ0) is 27.1. The van der Waals surface area contributed by atoms with Gasteiger partial charge in [-0.1, -0.05) is 54.7 Å². The number of rotatable bonds is 7. The minimum Gasteiger partial charge on any atom is -0.479 e. The highest BCUT2D eigenvalue weighted by molar-refractivity contribution is 7.03. The first kappa shape index (κ1) is 26.7. The van der Waals surface area contributed by atoms with E-state index >= 15 is 0 Å². The molecule has 0 aliphatic carbocycles. The summed E-state index contributed by atoms with van der Waals surface area (Å²) in [6.07, 6.45) is 0. The molecule has 2 aromatic heterocycles. The Morgan fingerprint density at radius 2 is 1.62 bits per heavy atom. The zero-order valence-corrected chi connectivity index (χ0v) is 25.1. The molecule has 37 heavy (non-hydrogen) atoms. The van der Waals surface area contributed by atoms with Crippen LogP contribution in [0.3, 0.4) is 0 Å². The number of fused-ring (bicyclic) bond motifs is 1. The maximum absolute atomic E-state index is 13.0. The van der Waals surface area contributed by atoms with Gasteiger partial charge < -0.3 is 29.3 Å². The van der Waals surface area contributed by atoms with Crippen molar-refractivity contribution in [3.05, 3.63) is 35.1 Å². The molecule has 4 rings (SSSR count). The molecule has 1 amide bonds. The summed E-state index contributed by atoms with van der Waals surface area (Å²) in [4.78, 5) is 21.4. The average molecular weight is 541 g/mol. The van der Waals surface area contributed by atoms with Crippen LogP contribution in [0.25, 0.3) is 0 Å². The Labute approximate surface area is 220 Å². The van der Waals surface area contributed by atoms with E-state index in [9.17, 15) is 4.79 Å². The van der Waals surface area contributed by atoms with Gasteiger partial charge in [-0.05, 0) is 31.0 Å². The van der Waals surface area contributed by atoms with Crippen molar-refractivity contribution in [1.82, 2.24) is 9.97 Å². The van der Waals surface area contributed by atoms with Gasteiger partial charge in [-0.25, -0.2) is 0 Å². The predicted octanol–water partition coefficient (Wildman–Crippen LogP) is 4.63. The Hall–Kier alpha value is -3.32. The first-order valence-corrected chi connectivity index (χ1v) is 18.7. The molecule has 0 saturated heterocycles. The van der Waals surface area contributed by atoms with Crippen LogP contribution in [0.2, 0.25) is 38.3 Å². The van der Waals surface area contributed by atoms with Crippen molar-refractivity contribution in [2.24, 2.45) is 0 Å².